The molecule has 0 aliphatic heterocycles. The van der Waals surface area contributed by atoms with Crippen molar-refractivity contribution < 1.29 is 4.74 Å². The first kappa shape index (κ1) is 12.3. The van der Waals surface area contributed by atoms with Crippen LogP contribution in [0, 0.1) is 0 Å². The quantitative estimate of drug-likeness (QED) is 0.591. The van der Waals surface area contributed by atoms with E-state index < -0.39 is 0 Å². The third-order valence-corrected chi connectivity index (χ3v) is 2.69. The Kier molecular flexibility index (Phi) is 9.57. The average molecular weight is 191 g/mol. The fourth-order valence-electron chi connectivity index (χ4n) is 0.874. The summed E-state index contributed by atoms with van der Waals surface area (Å²) >= 11 is 1.96. The van der Waals surface area contributed by atoms with Crippen LogP contribution < -0.4 is 5.32 Å². The largest absolute Gasteiger partial charge is 0.384 e. The zero-order valence-corrected chi connectivity index (χ0v) is 9.25. The molecule has 0 heterocycles. The molecule has 0 fully saturated rings. The summed E-state index contributed by atoms with van der Waals surface area (Å²) in [6.45, 7) is 7.55. The number of ether oxygens (including phenoxy) is 1. The van der Waals surface area contributed by atoms with Gasteiger partial charge >= 0.3 is 0 Å². The highest BCUT2D eigenvalue weighted by atomic mass is 32.2. The summed E-state index contributed by atoms with van der Waals surface area (Å²) in [6, 6.07) is 0. The number of hydrogen-bond donors (Lipinski definition) is 1. The van der Waals surface area contributed by atoms with E-state index in [9.17, 15) is 0 Å². The van der Waals surface area contributed by atoms with Crippen molar-refractivity contribution in [3.63, 3.8) is 0 Å². The highest BCUT2D eigenvalue weighted by molar-refractivity contribution is 7.99. The Bertz CT molecular complexity index is 80.6. The third-order valence-electron chi connectivity index (χ3n) is 1.55. The molecule has 1 N–H and O–H groups in total. The van der Waals surface area contributed by atoms with Gasteiger partial charge in [0.05, 0.1) is 6.61 Å². The van der Waals surface area contributed by atoms with Crippen molar-refractivity contribution in [1.29, 1.82) is 0 Å². The second kappa shape index (κ2) is 9.36. The monoisotopic (exact) mass is 191 g/mol. The molecule has 1 atom stereocenters. The lowest BCUT2D eigenvalue weighted by atomic mass is 10.4. The zero-order chi connectivity index (χ0) is 9.23. The minimum atomic E-state index is 0.701. The molecule has 74 valence electrons. The van der Waals surface area contributed by atoms with Crippen molar-refractivity contribution in [3.05, 3.63) is 0 Å². The van der Waals surface area contributed by atoms with Gasteiger partial charge in [-0.3, -0.25) is 0 Å². The Balaban J connectivity index is 3.04. The summed E-state index contributed by atoms with van der Waals surface area (Å²) in [5.41, 5.74) is 0. The molecule has 0 bridgehead atoms. The zero-order valence-electron chi connectivity index (χ0n) is 8.43. The first-order valence-corrected chi connectivity index (χ1v) is 5.67. The van der Waals surface area contributed by atoms with Crippen LogP contribution in [-0.2, 0) is 4.74 Å². The summed E-state index contributed by atoms with van der Waals surface area (Å²) in [4.78, 5) is 0. The molecule has 0 radical (unpaired) electrons. The third kappa shape index (κ3) is 8.37. The topological polar surface area (TPSA) is 21.3 Å². The number of nitrogens with one attached hydrogen (secondary N) is 1. The van der Waals surface area contributed by atoms with Gasteiger partial charge in [-0.25, -0.2) is 0 Å². The van der Waals surface area contributed by atoms with Crippen LogP contribution in [0.1, 0.15) is 20.3 Å². The van der Waals surface area contributed by atoms with Crippen molar-refractivity contribution in [2.75, 3.05) is 32.6 Å². The molecule has 3 heteroatoms. The lowest BCUT2D eigenvalue weighted by Crippen LogP contribution is -2.23. The molecule has 0 spiro atoms. The smallest absolute Gasteiger partial charge is 0.0553 e. The van der Waals surface area contributed by atoms with E-state index in [0.29, 0.717) is 5.25 Å². The van der Waals surface area contributed by atoms with Crippen molar-refractivity contribution in [3.8, 4) is 0 Å². The summed E-state index contributed by atoms with van der Waals surface area (Å²) in [5.74, 6) is 1.10. The second-order valence-corrected chi connectivity index (χ2v) is 4.42. The maximum Gasteiger partial charge on any atom is 0.0553 e. The Morgan fingerprint density at radius 2 is 2.25 bits per heavy atom. The van der Waals surface area contributed by atoms with Crippen LogP contribution in [0.4, 0.5) is 0 Å². The number of hydrogen-bond acceptors (Lipinski definition) is 3. The highest BCUT2D eigenvalue weighted by Gasteiger charge is 2.00. The van der Waals surface area contributed by atoms with E-state index in [1.54, 1.807) is 7.11 Å². The maximum atomic E-state index is 4.98. The van der Waals surface area contributed by atoms with Crippen molar-refractivity contribution in [2.45, 2.75) is 25.5 Å². The minimum absolute atomic E-state index is 0.701. The fourth-order valence-corrected chi connectivity index (χ4v) is 1.77. The van der Waals surface area contributed by atoms with Gasteiger partial charge in [0.2, 0.25) is 0 Å². The molecule has 12 heavy (non-hydrogen) atoms. The molecule has 2 nitrogen and oxygen atoms in total. The first-order valence-electron chi connectivity index (χ1n) is 4.62. The molecule has 0 saturated heterocycles. The molecule has 0 amide bonds. The molecular weight excluding hydrogens is 170 g/mol. The summed E-state index contributed by atoms with van der Waals surface area (Å²) in [5, 5.41) is 4.10. The molecule has 0 aromatic heterocycles. The van der Waals surface area contributed by atoms with Crippen molar-refractivity contribution in [1.82, 2.24) is 5.32 Å². The Morgan fingerprint density at radius 1 is 1.50 bits per heavy atom. The van der Waals surface area contributed by atoms with Crippen LogP contribution in [0.15, 0.2) is 0 Å². The van der Waals surface area contributed by atoms with E-state index in [0.717, 1.165) is 25.4 Å². The van der Waals surface area contributed by atoms with Gasteiger partial charge in [-0.15, -0.1) is 0 Å². The first-order chi connectivity index (χ1) is 5.81. The number of rotatable bonds is 8. The molecule has 0 saturated carbocycles. The van der Waals surface area contributed by atoms with Crippen LogP contribution in [0.25, 0.3) is 0 Å². The second-order valence-electron chi connectivity index (χ2n) is 2.88. The van der Waals surface area contributed by atoms with E-state index in [1.165, 1.54) is 6.42 Å². The minimum Gasteiger partial charge on any atom is -0.384 e. The normalized spacial score (nSPS) is 13.2. The van der Waals surface area contributed by atoms with E-state index in [4.69, 9.17) is 4.74 Å². The van der Waals surface area contributed by atoms with Crippen LogP contribution in [0.3, 0.4) is 0 Å². The summed E-state index contributed by atoms with van der Waals surface area (Å²) in [7, 11) is 1.75. The number of methoxy groups -OCH3 is 1. The molecule has 0 aliphatic rings. The number of thioether (sulfide) groups is 1. The fraction of sp³-hybridized carbons (Fsp3) is 1.00. The van der Waals surface area contributed by atoms with Crippen LogP contribution in [-0.4, -0.2) is 37.8 Å². The molecule has 0 aromatic rings. The van der Waals surface area contributed by atoms with Gasteiger partial charge in [0, 0.05) is 24.7 Å². The Hall–Kier alpha value is 0.270. The molecule has 0 aromatic carbocycles. The molecule has 1 unspecified atom stereocenters. The van der Waals surface area contributed by atoms with Crippen LogP contribution >= 0.6 is 11.8 Å². The Morgan fingerprint density at radius 3 is 2.83 bits per heavy atom. The van der Waals surface area contributed by atoms with Crippen LogP contribution in [0.5, 0.6) is 0 Å². The van der Waals surface area contributed by atoms with Gasteiger partial charge in [-0.2, -0.15) is 11.8 Å². The predicted molar refractivity (Wildman–Crippen MR) is 57.0 cm³/mol. The van der Waals surface area contributed by atoms with Gasteiger partial charge in [0.1, 0.15) is 0 Å². The SMILES string of the molecule is CCCNCC(C)SCCOC. The van der Waals surface area contributed by atoms with Crippen molar-refractivity contribution >= 4 is 11.8 Å². The van der Waals surface area contributed by atoms with Gasteiger partial charge in [-0.05, 0) is 13.0 Å². The van der Waals surface area contributed by atoms with Gasteiger partial charge in [0.15, 0.2) is 0 Å². The van der Waals surface area contributed by atoms with E-state index in [-0.39, 0.29) is 0 Å². The Labute approximate surface area is 80.4 Å². The van der Waals surface area contributed by atoms with E-state index >= 15 is 0 Å². The molecule has 0 rings (SSSR count). The van der Waals surface area contributed by atoms with E-state index in [1.807, 2.05) is 11.8 Å². The molecular formula is C9H21NOS. The summed E-state index contributed by atoms with van der Waals surface area (Å²) in [6.07, 6.45) is 1.22. The molecule has 0 aliphatic carbocycles. The van der Waals surface area contributed by atoms with Gasteiger partial charge in [0.25, 0.3) is 0 Å². The van der Waals surface area contributed by atoms with Crippen molar-refractivity contribution in [2.24, 2.45) is 0 Å². The highest BCUT2D eigenvalue weighted by Crippen LogP contribution is 2.08. The van der Waals surface area contributed by atoms with Gasteiger partial charge < -0.3 is 10.1 Å². The lowest BCUT2D eigenvalue weighted by molar-refractivity contribution is 0.218. The average Bonchev–Trinajstić information content (AvgIpc) is 2.06. The maximum absolute atomic E-state index is 4.98. The standard InChI is InChI=1S/C9H21NOS/c1-4-5-10-8-9(2)12-7-6-11-3/h9-10H,4-8H2,1-3H3. The van der Waals surface area contributed by atoms with Crippen LogP contribution in [0.2, 0.25) is 0 Å². The lowest BCUT2D eigenvalue weighted by Gasteiger charge is -2.11. The van der Waals surface area contributed by atoms with Gasteiger partial charge in [-0.1, -0.05) is 13.8 Å². The summed E-state index contributed by atoms with van der Waals surface area (Å²) < 4.78 is 4.98. The van der Waals surface area contributed by atoms with E-state index in [2.05, 4.69) is 19.2 Å². The predicted octanol–water partition coefficient (Wildman–Crippen LogP) is 1.75.